The van der Waals surface area contributed by atoms with E-state index in [2.05, 4.69) is 41.4 Å². The van der Waals surface area contributed by atoms with E-state index in [9.17, 15) is 4.79 Å². The van der Waals surface area contributed by atoms with Crippen LogP contribution >= 0.6 is 11.6 Å². The summed E-state index contributed by atoms with van der Waals surface area (Å²) in [6.07, 6.45) is 1.01. The van der Waals surface area contributed by atoms with E-state index in [1.54, 1.807) is 0 Å². The number of nitrogens with zero attached hydrogens (tertiary/aromatic N) is 2. The lowest BCUT2D eigenvalue weighted by Crippen LogP contribution is -2.51. The molecule has 0 spiro atoms. The van der Waals surface area contributed by atoms with E-state index in [0.29, 0.717) is 6.54 Å². The number of halogens is 1. The molecule has 0 aromatic heterocycles. The van der Waals surface area contributed by atoms with Gasteiger partial charge in [-0.25, -0.2) is 4.79 Å². The van der Waals surface area contributed by atoms with Crippen molar-refractivity contribution in [2.24, 2.45) is 0 Å². The molecule has 138 valence electrons. The maximum atomic E-state index is 12.4. The lowest BCUT2D eigenvalue weighted by atomic mass is 10.1. The Hall–Kier alpha value is -2.04. The van der Waals surface area contributed by atoms with Crippen LogP contribution in [0.2, 0.25) is 5.02 Å². The summed E-state index contributed by atoms with van der Waals surface area (Å²) in [6.45, 7) is 7.07. The van der Waals surface area contributed by atoms with E-state index >= 15 is 0 Å². The SMILES string of the molecule is Cc1ccccc1CNC(=O)N1CCN(CCc2ccc(Cl)cc2)CC1. The smallest absolute Gasteiger partial charge is 0.317 e. The summed E-state index contributed by atoms with van der Waals surface area (Å²) in [5.41, 5.74) is 3.68. The van der Waals surface area contributed by atoms with Gasteiger partial charge in [-0.15, -0.1) is 0 Å². The minimum absolute atomic E-state index is 0.0330. The van der Waals surface area contributed by atoms with Crippen molar-refractivity contribution in [3.63, 3.8) is 0 Å². The summed E-state index contributed by atoms with van der Waals surface area (Å²) in [4.78, 5) is 16.7. The zero-order chi connectivity index (χ0) is 18.4. The largest absolute Gasteiger partial charge is 0.334 e. The van der Waals surface area contributed by atoms with E-state index in [0.717, 1.165) is 44.2 Å². The molecule has 1 aliphatic rings. The molecule has 1 N–H and O–H groups in total. The number of hydrogen-bond donors (Lipinski definition) is 1. The van der Waals surface area contributed by atoms with Crippen LogP contribution in [0.25, 0.3) is 0 Å². The summed E-state index contributed by atoms with van der Waals surface area (Å²) in [7, 11) is 0. The predicted molar refractivity (Wildman–Crippen MR) is 107 cm³/mol. The molecule has 2 aromatic rings. The first-order valence-corrected chi connectivity index (χ1v) is 9.54. The molecule has 0 unspecified atom stereocenters. The lowest BCUT2D eigenvalue weighted by molar-refractivity contribution is 0.140. The molecule has 0 bridgehead atoms. The van der Waals surface area contributed by atoms with Gasteiger partial charge in [-0.2, -0.15) is 0 Å². The van der Waals surface area contributed by atoms with Crippen molar-refractivity contribution in [3.05, 3.63) is 70.2 Å². The van der Waals surface area contributed by atoms with Crippen LogP contribution in [0.4, 0.5) is 4.79 Å². The molecule has 1 fully saturated rings. The molecule has 0 atom stereocenters. The second-order valence-corrected chi connectivity index (χ2v) is 7.23. The molecule has 1 saturated heterocycles. The Labute approximate surface area is 160 Å². The number of piperazine rings is 1. The van der Waals surface area contributed by atoms with Crippen LogP contribution < -0.4 is 5.32 Å². The molecular weight excluding hydrogens is 346 g/mol. The number of carbonyl (C=O) groups excluding carboxylic acids is 1. The minimum Gasteiger partial charge on any atom is -0.334 e. The number of aryl methyl sites for hydroxylation is 1. The molecule has 2 aromatic carbocycles. The Bertz CT molecular complexity index is 724. The van der Waals surface area contributed by atoms with Gasteiger partial charge in [0.1, 0.15) is 0 Å². The van der Waals surface area contributed by atoms with Crippen molar-refractivity contribution in [1.29, 1.82) is 0 Å². The molecule has 1 heterocycles. The highest BCUT2D eigenvalue weighted by Gasteiger charge is 2.20. The van der Waals surface area contributed by atoms with Crippen molar-refractivity contribution in [2.75, 3.05) is 32.7 Å². The first-order valence-electron chi connectivity index (χ1n) is 9.16. The van der Waals surface area contributed by atoms with Crippen LogP contribution in [0.3, 0.4) is 0 Å². The first-order chi connectivity index (χ1) is 12.6. The highest BCUT2D eigenvalue weighted by Crippen LogP contribution is 2.11. The number of hydrogen-bond acceptors (Lipinski definition) is 2. The lowest BCUT2D eigenvalue weighted by Gasteiger charge is -2.34. The fraction of sp³-hybridized carbons (Fsp3) is 0.381. The molecule has 0 radical (unpaired) electrons. The minimum atomic E-state index is 0.0330. The predicted octanol–water partition coefficient (Wildman–Crippen LogP) is 3.72. The fourth-order valence-electron chi connectivity index (χ4n) is 3.20. The van der Waals surface area contributed by atoms with Gasteiger partial charge < -0.3 is 10.2 Å². The van der Waals surface area contributed by atoms with Crippen LogP contribution in [-0.4, -0.2) is 48.6 Å². The van der Waals surface area contributed by atoms with E-state index < -0.39 is 0 Å². The number of nitrogens with one attached hydrogen (secondary N) is 1. The average Bonchev–Trinajstić information content (AvgIpc) is 2.67. The third-order valence-electron chi connectivity index (χ3n) is 4.98. The van der Waals surface area contributed by atoms with E-state index in [1.165, 1.54) is 16.7 Å². The van der Waals surface area contributed by atoms with Crippen molar-refractivity contribution >= 4 is 17.6 Å². The Morgan fingerprint density at radius 2 is 1.73 bits per heavy atom. The standard InChI is InChI=1S/C21H26ClN3O/c1-17-4-2-3-5-19(17)16-23-21(26)25-14-12-24(13-15-25)11-10-18-6-8-20(22)9-7-18/h2-9H,10-16H2,1H3,(H,23,26). The number of urea groups is 1. The van der Waals surface area contributed by atoms with Crippen LogP contribution in [0, 0.1) is 6.92 Å². The monoisotopic (exact) mass is 371 g/mol. The van der Waals surface area contributed by atoms with E-state index in [4.69, 9.17) is 11.6 Å². The van der Waals surface area contributed by atoms with Crippen molar-refractivity contribution in [2.45, 2.75) is 19.9 Å². The molecule has 3 rings (SSSR count). The molecule has 2 amide bonds. The second-order valence-electron chi connectivity index (χ2n) is 6.79. The van der Waals surface area contributed by atoms with E-state index in [1.807, 2.05) is 29.2 Å². The number of carbonyl (C=O) groups is 1. The summed E-state index contributed by atoms with van der Waals surface area (Å²) in [6, 6.07) is 16.2. The summed E-state index contributed by atoms with van der Waals surface area (Å²) < 4.78 is 0. The highest BCUT2D eigenvalue weighted by atomic mass is 35.5. The molecule has 5 heteroatoms. The molecule has 0 aliphatic carbocycles. The van der Waals surface area contributed by atoms with Crippen molar-refractivity contribution in [3.8, 4) is 0 Å². The fourth-order valence-corrected chi connectivity index (χ4v) is 3.33. The number of rotatable bonds is 5. The van der Waals surface area contributed by atoms with Gasteiger partial charge in [0.2, 0.25) is 0 Å². The van der Waals surface area contributed by atoms with Gasteiger partial charge in [-0.05, 0) is 42.2 Å². The summed E-state index contributed by atoms with van der Waals surface area (Å²) in [5, 5.41) is 3.82. The van der Waals surface area contributed by atoms with Crippen LogP contribution in [0.5, 0.6) is 0 Å². The Balaban J connectivity index is 1.39. The quantitative estimate of drug-likeness (QED) is 0.869. The number of benzene rings is 2. The first kappa shape index (κ1) is 18.7. The molecule has 4 nitrogen and oxygen atoms in total. The zero-order valence-electron chi connectivity index (χ0n) is 15.2. The summed E-state index contributed by atoms with van der Waals surface area (Å²) in [5.74, 6) is 0. The Kier molecular flexibility index (Phi) is 6.53. The zero-order valence-corrected chi connectivity index (χ0v) is 16.0. The van der Waals surface area contributed by atoms with E-state index in [-0.39, 0.29) is 6.03 Å². The van der Waals surface area contributed by atoms with Gasteiger partial charge in [-0.1, -0.05) is 48.0 Å². The highest BCUT2D eigenvalue weighted by molar-refractivity contribution is 6.30. The maximum Gasteiger partial charge on any atom is 0.317 e. The average molecular weight is 372 g/mol. The topological polar surface area (TPSA) is 35.6 Å². The summed E-state index contributed by atoms with van der Waals surface area (Å²) >= 11 is 5.93. The van der Waals surface area contributed by atoms with Gasteiger partial charge in [0.25, 0.3) is 0 Å². The van der Waals surface area contributed by atoms with Crippen molar-refractivity contribution in [1.82, 2.24) is 15.1 Å². The van der Waals surface area contributed by atoms with Gasteiger partial charge in [0.15, 0.2) is 0 Å². The van der Waals surface area contributed by atoms with Gasteiger partial charge >= 0.3 is 6.03 Å². The molecule has 0 saturated carbocycles. The number of amides is 2. The Morgan fingerprint density at radius 1 is 1.04 bits per heavy atom. The molecular formula is C21H26ClN3O. The molecule has 26 heavy (non-hydrogen) atoms. The van der Waals surface area contributed by atoms with Crippen molar-refractivity contribution < 1.29 is 4.79 Å². The normalized spacial score (nSPS) is 15.1. The van der Waals surface area contributed by atoms with Gasteiger partial charge in [-0.3, -0.25) is 4.90 Å². The van der Waals surface area contributed by atoms with Crippen LogP contribution in [0.1, 0.15) is 16.7 Å². The van der Waals surface area contributed by atoms with Gasteiger partial charge in [0.05, 0.1) is 0 Å². The maximum absolute atomic E-state index is 12.4. The van der Waals surface area contributed by atoms with Crippen LogP contribution in [-0.2, 0) is 13.0 Å². The molecule has 1 aliphatic heterocycles. The second kappa shape index (κ2) is 9.06. The van der Waals surface area contributed by atoms with Gasteiger partial charge in [0, 0.05) is 44.3 Å². The third-order valence-corrected chi connectivity index (χ3v) is 5.23. The van der Waals surface area contributed by atoms with Crippen LogP contribution in [0.15, 0.2) is 48.5 Å². The Morgan fingerprint density at radius 3 is 2.42 bits per heavy atom. The third kappa shape index (κ3) is 5.23.